The van der Waals surface area contributed by atoms with Crippen LogP contribution in [0.15, 0.2) is 49.3 Å². The van der Waals surface area contributed by atoms with Crippen LogP contribution < -0.4 is 16.0 Å². The number of hydrogen-bond donors (Lipinski definition) is 3. The molecule has 0 bridgehead atoms. The van der Waals surface area contributed by atoms with E-state index in [1.807, 2.05) is 36.7 Å². The van der Waals surface area contributed by atoms with Crippen LogP contribution in [-0.4, -0.2) is 32.3 Å². The van der Waals surface area contributed by atoms with Crippen LogP contribution in [0.4, 0.5) is 22.1 Å². The minimum absolute atomic E-state index is 0.267. The molecule has 2 amide bonds. The van der Waals surface area contributed by atoms with Crippen molar-refractivity contribution in [3.05, 3.63) is 49.3 Å². The molecule has 0 radical (unpaired) electrons. The summed E-state index contributed by atoms with van der Waals surface area (Å²) in [5.41, 5.74) is 2.41. The molecule has 4 rings (SSSR count). The first-order valence-electron chi connectivity index (χ1n) is 10.5. The molecular weight excluding hydrogens is 378 g/mol. The summed E-state index contributed by atoms with van der Waals surface area (Å²) in [6, 6.07) is 7.54. The van der Waals surface area contributed by atoms with Gasteiger partial charge in [0.25, 0.3) is 0 Å². The third-order valence-electron chi connectivity index (χ3n) is 5.31. The highest BCUT2D eigenvalue weighted by Gasteiger charge is 2.18. The van der Waals surface area contributed by atoms with Gasteiger partial charge >= 0.3 is 6.03 Å². The number of hydrogen-bond acceptors (Lipinski definition) is 5. The molecular formula is C22H27N7O. The molecule has 3 aromatic rings. The van der Waals surface area contributed by atoms with Crippen LogP contribution >= 0.6 is 0 Å². The quantitative estimate of drug-likeness (QED) is 0.405. The maximum atomic E-state index is 11.7. The van der Waals surface area contributed by atoms with Crippen LogP contribution in [0.2, 0.25) is 0 Å². The van der Waals surface area contributed by atoms with Crippen LogP contribution in [-0.2, 0) is 0 Å². The van der Waals surface area contributed by atoms with Crippen LogP contribution in [0.5, 0.6) is 0 Å². The molecule has 30 heavy (non-hydrogen) atoms. The molecule has 0 spiro atoms. The third kappa shape index (κ3) is 4.76. The Hall–Kier alpha value is -3.42. The van der Waals surface area contributed by atoms with Gasteiger partial charge in [-0.25, -0.2) is 14.5 Å². The van der Waals surface area contributed by atoms with E-state index >= 15 is 0 Å². The highest BCUT2D eigenvalue weighted by molar-refractivity contribution is 5.89. The summed E-state index contributed by atoms with van der Waals surface area (Å²) in [6.07, 6.45) is 12.7. The smallest absolute Gasteiger partial charge is 0.319 e. The molecule has 0 saturated heterocycles. The van der Waals surface area contributed by atoms with Gasteiger partial charge in [0.2, 0.25) is 5.95 Å². The predicted octanol–water partition coefficient (Wildman–Crippen LogP) is 4.77. The lowest BCUT2D eigenvalue weighted by atomic mass is 10.1. The van der Waals surface area contributed by atoms with Crippen molar-refractivity contribution in [2.75, 3.05) is 17.2 Å². The molecule has 1 fully saturated rings. The van der Waals surface area contributed by atoms with Gasteiger partial charge in [-0.2, -0.15) is 10.1 Å². The largest absolute Gasteiger partial charge is 0.334 e. The van der Waals surface area contributed by atoms with Crippen molar-refractivity contribution in [2.24, 2.45) is 0 Å². The fourth-order valence-electron chi connectivity index (χ4n) is 3.77. The van der Waals surface area contributed by atoms with Gasteiger partial charge in [-0.3, -0.25) is 0 Å². The highest BCUT2D eigenvalue weighted by Crippen LogP contribution is 2.29. The monoisotopic (exact) mass is 405 g/mol. The van der Waals surface area contributed by atoms with Crippen molar-refractivity contribution in [3.63, 3.8) is 0 Å². The number of carbonyl (C=O) groups excluding carboxylic acids is 1. The van der Waals surface area contributed by atoms with Gasteiger partial charge in [0, 0.05) is 24.1 Å². The van der Waals surface area contributed by atoms with Gasteiger partial charge in [-0.15, -0.1) is 6.58 Å². The summed E-state index contributed by atoms with van der Waals surface area (Å²) in [7, 11) is 0. The fourth-order valence-corrected chi connectivity index (χ4v) is 3.77. The van der Waals surface area contributed by atoms with E-state index in [0.717, 1.165) is 29.6 Å². The van der Waals surface area contributed by atoms with Crippen molar-refractivity contribution in [1.29, 1.82) is 0 Å². The van der Waals surface area contributed by atoms with E-state index in [1.165, 1.54) is 25.7 Å². The zero-order chi connectivity index (χ0) is 20.8. The summed E-state index contributed by atoms with van der Waals surface area (Å²) in [6.45, 7) is 3.99. The zero-order valence-corrected chi connectivity index (χ0v) is 17.0. The topological polar surface area (TPSA) is 96.8 Å². The third-order valence-corrected chi connectivity index (χ3v) is 5.31. The van der Waals surface area contributed by atoms with Crippen molar-refractivity contribution < 1.29 is 4.79 Å². The van der Waals surface area contributed by atoms with Gasteiger partial charge in [-0.1, -0.05) is 31.8 Å². The maximum Gasteiger partial charge on any atom is 0.319 e. The summed E-state index contributed by atoms with van der Waals surface area (Å²) in [5.74, 6) is 0.530. The summed E-state index contributed by atoms with van der Waals surface area (Å²) >= 11 is 0. The molecule has 8 nitrogen and oxygen atoms in total. The summed E-state index contributed by atoms with van der Waals surface area (Å²) in [4.78, 5) is 20.9. The van der Waals surface area contributed by atoms with Crippen LogP contribution in [0.25, 0.3) is 11.0 Å². The Morgan fingerprint density at radius 2 is 1.83 bits per heavy atom. The number of amides is 2. The number of carbonyl (C=O) groups is 1. The van der Waals surface area contributed by atoms with E-state index < -0.39 is 0 Å². The molecule has 2 heterocycles. The van der Waals surface area contributed by atoms with Gasteiger partial charge < -0.3 is 16.0 Å². The molecule has 0 aliphatic heterocycles. The Morgan fingerprint density at radius 3 is 2.57 bits per heavy atom. The molecule has 1 aliphatic rings. The van der Waals surface area contributed by atoms with E-state index in [4.69, 9.17) is 4.98 Å². The highest BCUT2D eigenvalue weighted by atomic mass is 16.2. The first-order chi connectivity index (χ1) is 14.7. The lowest BCUT2D eigenvalue weighted by molar-refractivity contribution is 0.253. The maximum absolute atomic E-state index is 11.7. The van der Waals surface area contributed by atoms with E-state index in [2.05, 4.69) is 37.3 Å². The van der Waals surface area contributed by atoms with E-state index in [9.17, 15) is 4.79 Å². The molecule has 2 aromatic heterocycles. The number of fused-ring (bicyclic) bond motifs is 1. The molecule has 0 unspecified atom stereocenters. The standard InChI is InChI=1S/C22H27N7O/c1-2-13-23-22(30)27-18-11-9-17(10-12-18)26-21-24-14-16-15-25-29(20(16)28-21)19-7-5-3-4-6-8-19/h2,9-12,14-15,19H,1,3-8,13H2,(H2,23,27,30)(H,24,26,28). The Kier molecular flexibility index (Phi) is 6.22. The normalized spacial score (nSPS) is 14.8. The number of benzene rings is 1. The van der Waals surface area contributed by atoms with Crippen LogP contribution in [0, 0.1) is 0 Å². The molecule has 156 valence electrons. The number of aromatic nitrogens is 4. The Labute approximate surface area is 175 Å². The number of rotatable bonds is 6. The lowest BCUT2D eigenvalue weighted by Crippen LogP contribution is -2.28. The molecule has 1 aliphatic carbocycles. The van der Waals surface area contributed by atoms with Crippen molar-refractivity contribution in [1.82, 2.24) is 25.1 Å². The molecule has 1 aromatic carbocycles. The van der Waals surface area contributed by atoms with Gasteiger partial charge in [0.05, 0.1) is 17.6 Å². The lowest BCUT2D eigenvalue weighted by Gasteiger charge is -2.15. The second-order valence-corrected chi connectivity index (χ2v) is 7.53. The fraction of sp³-hybridized carbons (Fsp3) is 0.364. The average molecular weight is 406 g/mol. The zero-order valence-electron chi connectivity index (χ0n) is 17.0. The van der Waals surface area contributed by atoms with Gasteiger partial charge in [-0.05, 0) is 37.1 Å². The van der Waals surface area contributed by atoms with E-state index in [-0.39, 0.29) is 6.03 Å². The van der Waals surface area contributed by atoms with E-state index in [0.29, 0.717) is 24.2 Å². The number of nitrogens with one attached hydrogen (secondary N) is 3. The Morgan fingerprint density at radius 1 is 1.10 bits per heavy atom. The SMILES string of the molecule is C=CCNC(=O)Nc1ccc(Nc2ncc3cnn(C4CCCCCC4)c3n2)cc1. The molecule has 3 N–H and O–H groups in total. The number of nitrogens with zero attached hydrogens (tertiary/aromatic N) is 4. The first-order valence-corrected chi connectivity index (χ1v) is 10.5. The van der Waals surface area contributed by atoms with Crippen molar-refractivity contribution in [2.45, 2.75) is 44.6 Å². The van der Waals surface area contributed by atoms with Crippen LogP contribution in [0.3, 0.4) is 0 Å². The minimum Gasteiger partial charge on any atom is -0.334 e. The summed E-state index contributed by atoms with van der Waals surface area (Å²) < 4.78 is 2.07. The van der Waals surface area contributed by atoms with Crippen molar-refractivity contribution >= 4 is 34.4 Å². The van der Waals surface area contributed by atoms with Gasteiger partial charge in [0.1, 0.15) is 0 Å². The second-order valence-electron chi connectivity index (χ2n) is 7.53. The number of urea groups is 1. The minimum atomic E-state index is -0.267. The first kappa shape index (κ1) is 19.9. The predicted molar refractivity (Wildman–Crippen MR) is 119 cm³/mol. The average Bonchev–Trinajstić information content (AvgIpc) is 2.98. The van der Waals surface area contributed by atoms with Crippen LogP contribution in [0.1, 0.15) is 44.6 Å². The molecule has 8 heteroatoms. The Bertz CT molecular complexity index is 1000. The van der Waals surface area contributed by atoms with Crippen molar-refractivity contribution in [3.8, 4) is 0 Å². The van der Waals surface area contributed by atoms with E-state index in [1.54, 1.807) is 6.08 Å². The molecule has 0 atom stereocenters. The summed E-state index contributed by atoms with van der Waals surface area (Å²) in [5, 5.41) is 14.2. The van der Waals surface area contributed by atoms with Gasteiger partial charge in [0.15, 0.2) is 5.65 Å². The Balaban J connectivity index is 1.46. The number of anilines is 3. The molecule has 1 saturated carbocycles. The second kappa shape index (κ2) is 9.39.